The van der Waals surface area contributed by atoms with Gasteiger partial charge in [0.2, 0.25) is 0 Å². The molecule has 0 aliphatic heterocycles. The second kappa shape index (κ2) is 5.06. The van der Waals surface area contributed by atoms with E-state index in [-0.39, 0.29) is 19.7 Å². The van der Waals surface area contributed by atoms with Gasteiger partial charge in [0, 0.05) is 6.54 Å². The van der Waals surface area contributed by atoms with Crippen molar-refractivity contribution in [3.63, 3.8) is 0 Å². The Labute approximate surface area is 64.9 Å². The lowest BCUT2D eigenvalue weighted by Gasteiger charge is -2.16. The van der Waals surface area contributed by atoms with Crippen LogP contribution in [-0.2, 0) is 4.79 Å². The minimum absolute atomic E-state index is 0.128. The molecule has 0 fully saturated rings. The summed E-state index contributed by atoms with van der Waals surface area (Å²) in [5.74, 6) is -0.947. The monoisotopic (exact) mass is 163 g/mol. The Balaban J connectivity index is 3.51. The lowest BCUT2D eigenvalue weighted by Crippen LogP contribution is -2.34. The maximum Gasteiger partial charge on any atom is 0.317 e. The van der Waals surface area contributed by atoms with Crippen LogP contribution in [0.5, 0.6) is 0 Å². The highest BCUT2D eigenvalue weighted by Gasteiger charge is 2.08. The van der Waals surface area contributed by atoms with Gasteiger partial charge < -0.3 is 15.3 Å². The van der Waals surface area contributed by atoms with E-state index in [9.17, 15) is 4.79 Å². The van der Waals surface area contributed by atoms with Crippen LogP contribution in [0.1, 0.15) is 0 Å². The molecule has 0 aliphatic rings. The molecular formula is C6H13NO4. The van der Waals surface area contributed by atoms with Crippen LogP contribution in [-0.4, -0.2) is 59.0 Å². The molecule has 3 N–H and O–H groups in total. The van der Waals surface area contributed by atoms with Crippen molar-refractivity contribution >= 4 is 5.97 Å². The van der Waals surface area contributed by atoms with E-state index in [0.29, 0.717) is 0 Å². The van der Waals surface area contributed by atoms with Crippen LogP contribution in [0.25, 0.3) is 0 Å². The van der Waals surface area contributed by atoms with E-state index in [4.69, 9.17) is 15.3 Å². The van der Waals surface area contributed by atoms with E-state index < -0.39 is 12.1 Å². The van der Waals surface area contributed by atoms with Crippen LogP contribution in [0.15, 0.2) is 0 Å². The molecule has 1 atom stereocenters. The highest BCUT2D eigenvalue weighted by Crippen LogP contribution is 1.87. The van der Waals surface area contributed by atoms with Gasteiger partial charge in [-0.3, -0.25) is 9.69 Å². The summed E-state index contributed by atoms with van der Waals surface area (Å²) in [6, 6.07) is 0. The number of hydrogen-bond acceptors (Lipinski definition) is 4. The average Bonchev–Trinajstić information content (AvgIpc) is 1.85. The van der Waals surface area contributed by atoms with Crippen LogP contribution >= 0.6 is 0 Å². The molecular weight excluding hydrogens is 150 g/mol. The molecule has 0 bridgehead atoms. The molecule has 0 saturated heterocycles. The van der Waals surface area contributed by atoms with Gasteiger partial charge in [-0.1, -0.05) is 0 Å². The van der Waals surface area contributed by atoms with Crippen LogP contribution in [0.4, 0.5) is 0 Å². The molecule has 0 aromatic carbocycles. The molecule has 5 heteroatoms. The van der Waals surface area contributed by atoms with Crippen molar-refractivity contribution in [3.05, 3.63) is 0 Å². The molecule has 0 amide bonds. The Morgan fingerprint density at radius 2 is 2.18 bits per heavy atom. The van der Waals surface area contributed by atoms with Crippen molar-refractivity contribution in [2.75, 3.05) is 26.7 Å². The molecule has 0 radical (unpaired) electrons. The zero-order valence-electron chi connectivity index (χ0n) is 6.40. The SMILES string of the molecule is CN(CC(=O)O)CC(O)CO. The van der Waals surface area contributed by atoms with E-state index in [1.807, 2.05) is 0 Å². The van der Waals surface area contributed by atoms with Crippen LogP contribution in [0, 0.1) is 0 Å². The molecule has 5 nitrogen and oxygen atoms in total. The normalized spacial score (nSPS) is 13.5. The maximum absolute atomic E-state index is 10.1. The fourth-order valence-electron chi connectivity index (χ4n) is 0.713. The Bertz CT molecular complexity index is 128. The summed E-state index contributed by atoms with van der Waals surface area (Å²) in [5.41, 5.74) is 0. The average molecular weight is 163 g/mol. The molecule has 0 rings (SSSR count). The van der Waals surface area contributed by atoms with Crippen molar-refractivity contribution in [1.29, 1.82) is 0 Å². The van der Waals surface area contributed by atoms with E-state index in [1.54, 1.807) is 7.05 Å². The number of hydrogen-bond donors (Lipinski definition) is 3. The first-order valence-corrected chi connectivity index (χ1v) is 3.25. The molecule has 66 valence electrons. The number of aliphatic carboxylic acids is 1. The largest absolute Gasteiger partial charge is 0.480 e. The van der Waals surface area contributed by atoms with Crippen LogP contribution in [0.2, 0.25) is 0 Å². The third-order valence-corrected chi connectivity index (χ3v) is 1.14. The first-order valence-electron chi connectivity index (χ1n) is 3.25. The van der Waals surface area contributed by atoms with Crippen molar-refractivity contribution in [2.24, 2.45) is 0 Å². The van der Waals surface area contributed by atoms with Crippen molar-refractivity contribution < 1.29 is 20.1 Å². The quantitative estimate of drug-likeness (QED) is 0.452. The van der Waals surface area contributed by atoms with Gasteiger partial charge >= 0.3 is 5.97 Å². The minimum atomic E-state index is -0.947. The summed E-state index contributed by atoms with van der Waals surface area (Å²) < 4.78 is 0. The van der Waals surface area contributed by atoms with Crippen molar-refractivity contribution in [2.45, 2.75) is 6.10 Å². The highest BCUT2D eigenvalue weighted by molar-refractivity contribution is 5.68. The summed E-state index contributed by atoms with van der Waals surface area (Å²) in [6.07, 6.45) is -0.862. The molecule has 0 aromatic rings. The van der Waals surface area contributed by atoms with Crippen molar-refractivity contribution in [3.8, 4) is 0 Å². The van der Waals surface area contributed by atoms with E-state index in [2.05, 4.69) is 0 Å². The third kappa shape index (κ3) is 5.78. The number of carboxylic acid groups (broad SMARTS) is 1. The predicted molar refractivity (Wildman–Crippen MR) is 38.2 cm³/mol. The summed E-state index contributed by atoms with van der Waals surface area (Å²) in [6.45, 7) is -0.302. The Kier molecular flexibility index (Phi) is 4.76. The second-order valence-electron chi connectivity index (χ2n) is 2.43. The van der Waals surface area contributed by atoms with Gasteiger partial charge in [0.05, 0.1) is 19.3 Å². The number of carboxylic acids is 1. The lowest BCUT2D eigenvalue weighted by molar-refractivity contribution is -0.138. The zero-order chi connectivity index (χ0) is 8.85. The van der Waals surface area contributed by atoms with Crippen LogP contribution < -0.4 is 0 Å². The fraction of sp³-hybridized carbons (Fsp3) is 0.833. The number of rotatable bonds is 5. The molecule has 0 aliphatic carbocycles. The number of likely N-dealkylation sites (N-methyl/N-ethyl adjacent to an activating group) is 1. The first kappa shape index (κ1) is 10.3. The molecule has 11 heavy (non-hydrogen) atoms. The fourth-order valence-corrected chi connectivity index (χ4v) is 0.713. The molecule has 1 unspecified atom stereocenters. The number of nitrogens with zero attached hydrogens (tertiary/aromatic N) is 1. The van der Waals surface area contributed by atoms with Crippen LogP contribution in [0.3, 0.4) is 0 Å². The molecule has 0 aromatic heterocycles. The molecule has 0 spiro atoms. The summed E-state index contributed by atoms with van der Waals surface area (Å²) in [4.78, 5) is 11.5. The van der Waals surface area contributed by atoms with E-state index in [0.717, 1.165) is 0 Å². The van der Waals surface area contributed by atoms with Crippen molar-refractivity contribution in [1.82, 2.24) is 4.90 Å². The van der Waals surface area contributed by atoms with Gasteiger partial charge in [0.1, 0.15) is 0 Å². The lowest BCUT2D eigenvalue weighted by atomic mass is 10.3. The summed E-state index contributed by atoms with van der Waals surface area (Å²) >= 11 is 0. The van der Waals surface area contributed by atoms with Gasteiger partial charge in [-0.2, -0.15) is 0 Å². The van der Waals surface area contributed by atoms with Gasteiger partial charge in [-0.15, -0.1) is 0 Å². The zero-order valence-corrected chi connectivity index (χ0v) is 6.40. The van der Waals surface area contributed by atoms with E-state index >= 15 is 0 Å². The topological polar surface area (TPSA) is 81.0 Å². The summed E-state index contributed by atoms with van der Waals surface area (Å²) in [7, 11) is 1.56. The Hall–Kier alpha value is -0.650. The summed E-state index contributed by atoms with van der Waals surface area (Å²) in [5, 5.41) is 25.5. The van der Waals surface area contributed by atoms with Gasteiger partial charge in [0.25, 0.3) is 0 Å². The Morgan fingerprint density at radius 1 is 1.64 bits per heavy atom. The van der Waals surface area contributed by atoms with Gasteiger partial charge in [0.15, 0.2) is 0 Å². The van der Waals surface area contributed by atoms with E-state index in [1.165, 1.54) is 4.90 Å². The first-order chi connectivity index (χ1) is 5.06. The number of aliphatic hydroxyl groups is 2. The number of aliphatic hydroxyl groups excluding tert-OH is 2. The predicted octanol–water partition coefficient (Wildman–Crippen LogP) is -1.64. The molecule has 0 heterocycles. The molecule has 0 saturated carbocycles. The maximum atomic E-state index is 10.1. The second-order valence-corrected chi connectivity index (χ2v) is 2.43. The van der Waals surface area contributed by atoms with Gasteiger partial charge in [-0.05, 0) is 7.05 Å². The van der Waals surface area contributed by atoms with Gasteiger partial charge in [-0.25, -0.2) is 0 Å². The third-order valence-electron chi connectivity index (χ3n) is 1.14. The highest BCUT2D eigenvalue weighted by atomic mass is 16.4. The standard InChI is InChI=1S/C6H13NO4/c1-7(3-6(10)11)2-5(9)4-8/h5,8-9H,2-4H2,1H3,(H,10,11). The minimum Gasteiger partial charge on any atom is -0.480 e. The smallest absolute Gasteiger partial charge is 0.317 e. The number of carbonyl (C=O) groups is 1. The Morgan fingerprint density at radius 3 is 2.55 bits per heavy atom.